The van der Waals surface area contributed by atoms with Crippen molar-refractivity contribution in [3.63, 3.8) is 0 Å². The summed E-state index contributed by atoms with van der Waals surface area (Å²) in [5.74, 6) is -0.0106. The van der Waals surface area contributed by atoms with E-state index in [-0.39, 0.29) is 11.9 Å². The highest BCUT2D eigenvalue weighted by atomic mass is 16.4. The highest BCUT2D eigenvalue weighted by Crippen LogP contribution is 2.26. The quantitative estimate of drug-likeness (QED) is 0.492. The zero-order valence-electron chi connectivity index (χ0n) is 18.5. The van der Waals surface area contributed by atoms with Gasteiger partial charge in [-0.2, -0.15) is 20.0 Å². The number of aromatic nitrogens is 4. The van der Waals surface area contributed by atoms with Gasteiger partial charge in [-0.05, 0) is 57.0 Å². The van der Waals surface area contributed by atoms with Crippen LogP contribution >= 0.6 is 0 Å². The number of fused-ring (bicyclic) bond motifs is 1. The molecule has 1 aliphatic heterocycles. The molecule has 3 heterocycles. The van der Waals surface area contributed by atoms with Crippen molar-refractivity contribution in [2.75, 3.05) is 24.5 Å². The number of aryl methyl sites for hydroxylation is 2. The molecule has 164 valence electrons. The first-order valence-corrected chi connectivity index (χ1v) is 10.9. The summed E-state index contributed by atoms with van der Waals surface area (Å²) in [5, 5.41) is 8.45. The number of hydrogen-bond acceptors (Lipinski definition) is 6. The normalized spacial score (nSPS) is 17.0. The van der Waals surface area contributed by atoms with Crippen molar-refractivity contribution in [1.82, 2.24) is 24.9 Å². The lowest BCUT2D eigenvalue weighted by molar-refractivity contribution is 0.0704. The fourth-order valence-corrected chi connectivity index (χ4v) is 4.20. The van der Waals surface area contributed by atoms with E-state index in [4.69, 9.17) is 4.42 Å². The average Bonchev–Trinajstić information content (AvgIpc) is 3.41. The Kier molecular flexibility index (Phi) is 5.13. The summed E-state index contributed by atoms with van der Waals surface area (Å²) in [6, 6.07) is 12.5. The van der Waals surface area contributed by atoms with E-state index in [0.717, 1.165) is 35.2 Å². The lowest BCUT2D eigenvalue weighted by atomic mass is 10.1. The van der Waals surface area contributed by atoms with Gasteiger partial charge in [-0.1, -0.05) is 17.7 Å². The molecule has 4 aromatic rings. The minimum atomic E-state index is -0.0106. The first-order chi connectivity index (χ1) is 15.5. The van der Waals surface area contributed by atoms with Gasteiger partial charge >= 0.3 is 0 Å². The second-order valence-corrected chi connectivity index (χ2v) is 8.43. The Balaban J connectivity index is 1.41. The maximum atomic E-state index is 13.7. The molecule has 5 rings (SSSR count). The molecular weight excluding hydrogens is 404 g/mol. The predicted molar refractivity (Wildman–Crippen MR) is 122 cm³/mol. The van der Waals surface area contributed by atoms with Gasteiger partial charge in [0.25, 0.3) is 11.9 Å². The van der Waals surface area contributed by atoms with Gasteiger partial charge < -0.3 is 14.2 Å². The van der Waals surface area contributed by atoms with Crippen LogP contribution in [0.2, 0.25) is 0 Å². The van der Waals surface area contributed by atoms with Gasteiger partial charge in [0.05, 0.1) is 23.6 Å². The molecule has 8 heteroatoms. The summed E-state index contributed by atoms with van der Waals surface area (Å²) in [6.07, 6.45) is 4.05. The molecule has 2 aromatic carbocycles. The van der Waals surface area contributed by atoms with Gasteiger partial charge in [0.1, 0.15) is 5.52 Å². The predicted octanol–water partition coefficient (Wildman–Crippen LogP) is 3.77. The maximum absolute atomic E-state index is 13.7. The van der Waals surface area contributed by atoms with Crippen molar-refractivity contribution in [2.24, 2.45) is 0 Å². The Bertz CT molecular complexity index is 1260. The van der Waals surface area contributed by atoms with E-state index in [1.54, 1.807) is 12.4 Å². The molecule has 1 amide bonds. The maximum Gasteiger partial charge on any atom is 0.298 e. The van der Waals surface area contributed by atoms with Crippen molar-refractivity contribution in [2.45, 2.75) is 33.2 Å². The van der Waals surface area contributed by atoms with E-state index in [9.17, 15) is 4.79 Å². The molecule has 1 aliphatic rings. The smallest absolute Gasteiger partial charge is 0.298 e. The monoisotopic (exact) mass is 430 g/mol. The summed E-state index contributed by atoms with van der Waals surface area (Å²) >= 11 is 0. The van der Waals surface area contributed by atoms with Crippen LogP contribution in [0, 0.1) is 13.8 Å². The number of carbonyl (C=O) groups excluding carboxylic acids is 1. The number of amides is 1. The van der Waals surface area contributed by atoms with Crippen molar-refractivity contribution in [3.05, 3.63) is 65.5 Å². The Morgan fingerprint density at radius 3 is 2.56 bits per heavy atom. The SMILES string of the molecule is Cc1ccc(-n2nccn2)c(C(=O)N2CCN(c3nc4cc(C)ccc4o3)CC[C@H]2C)c1. The molecule has 1 atom stereocenters. The second-order valence-electron chi connectivity index (χ2n) is 8.43. The fourth-order valence-electron chi connectivity index (χ4n) is 4.20. The van der Waals surface area contributed by atoms with Crippen LogP contribution in [0.4, 0.5) is 6.01 Å². The van der Waals surface area contributed by atoms with Gasteiger partial charge in [-0.25, -0.2) is 0 Å². The van der Waals surface area contributed by atoms with Gasteiger partial charge in [0.15, 0.2) is 5.58 Å². The first-order valence-electron chi connectivity index (χ1n) is 10.9. The molecule has 0 spiro atoms. The average molecular weight is 431 g/mol. The summed E-state index contributed by atoms with van der Waals surface area (Å²) in [6.45, 7) is 8.14. The third kappa shape index (κ3) is 3.72. The van der Waals surface area contributed by atoms with Crippen LogP contribution < -0.4 is 4.90 Å². The van der Waals surface area contributed by atoms with Crippen LogP contribution in [0.1, 0.15) is 34.8 Å². The Morgan fingerprint density at radius 1 is 1.00 bits per heavy atom. The number of oxazole rings is 1. The lowest BCUT2D eigenvalue weighted by Gasteiger charge is -2.27. The highest BCUT2D eigenvalue weighted by molar-refractivity contribution is 5.98. The fraction of sp³-hybridized carbons (Fsp3) is 0.333. The van der Waals surface area contributed by atoms with Crippen LogP contribution in [0.25, 0.3) is 16.8 Å². The molecule has 2 aromatic heterocycles. The van der Waals surface area contributed by atoms with Crippen molar-refractivity contribution in [1.29, 1.82) is 0 Å². The molecular formula is C24H26N6O2. The molecule has 1 fully saturated rings. The summed E-state index contributed by atoms with van der Waals surface area (Å²) in [5.41, 5.74) is 5.12. The van der Waals surface area contributed by atoms with E-state index >= 15 is 0 Å². The molecule has 0 bridgehead atoms. The molecule has 0 saturated carbocycles. The van der Waals surface area contributed by atoms with Gasteiger partial charge in [0, 0.05) is 25.7 Å². The van der Waals surface area contributed by atoms with Crippen LogP contribution in [0.5, 0.6) is 0 Å². The second kappa shape index (κ2) is 8.11. The standard InChI is InChI=1S/C24H26N6O2/c1-16-4-6-21(30-25-9-10-26-30)19(14-16)23(31)29-13-12-28(11-8-18(29)3)24-27-20-15-17(2)5-7-22(20)32-24/h4-7,9-10,14-15,18H,8,11-13H2,1-3H3/t18-/m1/s1. The number of carbonyl (C=O) groups is 1. The molecule has 0 unspecified atom stereocenters. The molecule has 0 radical (unpaired) electrons. The number of benzene rings is 2. The Hall–Kier alpha value is -3.68. The van der Waals surface area contributed by atoms with Gasteiger partial charge in [-0.3, -0.25) is 4.79 Å². The summed E-state index contributed by atoms with van der Waals surface area (Å²) in [7, 11) is 0. The zero-order valence-corrected chi connectivity index (χ0v) is 18.5. The van der Waals surface area contributed by atoms with Gasteiger partial charge in [-0.15, -0.1) is 0 Å². The van der Waals surface area contributed by atoms with Crippen LogP contribution in [0.15, 0.2) is 53.2 Å². The highest BCUT2D eigenvalue weighted by Gasteiger charge is 2.29. The number of anilines is 1. The summed E-state index contributed by atoms with van der Waals surface area (Å²) in [4.78, 5) is 23.9. The number of rotatable bonds is 3. The minimum absolute atomic E-state index is 0.0106. The van der Waals surface area contributed by atoms with E-state index in [1.165, 1.54) is 4.80 Å². The largest absolute Gasteiger partial charge is 0.423 e. The van der Waals surface area contributed by atoms with Gasteiger partial charge in [0.2, 0.25) is 0 Å². The molecule has 8 nitrogen and oxygen atoms in total. The Morgan fingerprint density at radius 2 is 1.75 bits per heavy atom. The zero-order chi connectivity index (χ0) is 22.2. The molecule has 0 N–H and O–H groups in total. The van der Waals surface area contributed by atoms with E-state index in [2.05, 4.69) is 27.0 Å². The molecule has 0 aliphatic carbocycles. The molecule has 32 heavy (non-hydrogen) atoms. The number of hydrogen-bond donors (Lipinski definition) is 0. The topological polar surface area (TPSA) is 80.3 Å². The Labute approximate surface area is 186 Å². The van der Waals surface area contributed by atoms with Crippen LogP contribution in [-0.2, 0) is 0 Å². The van der Waals surface area contributed by atoms with E-state index in [1.807, 2.05) is 55.1 Å². The first kappa shape index (κ1) is 20.2. The third-order valence-electron chi connectivity index (χ3n) is 6.04. The molecule has 1 saturated heterocycles. The van der Waals surface area contributed by atoms with E-state index in [0.29, 0.717) is 30.4 Å². The van der Waals surface area contributed by atoms with Crippen molar-refractivity contribution in [3.8, 4) is 5.69 Å². The van der Waals surface area contributed by atoms with Crippen molar-refractivity contribution < 1.29 is 9.21 Å². The van der Waals surface area contributed by atoms with Crippen LogP contribution in [0.3, 0.4) is 0 Å². The summed E-state index contributed by atoms with van der Waals surface area (Å²) < 4.78 is 6.01. The van der Waals surface area contributed by atoms with Crippen molar-refractivity contribution >= 4 is 23.0 Å². The third-order valence-corrected chi connectivity index (χ3v) is 6.04. The number of nitrogens with zero attached hydrogens (tertiary/aromatic N) is 6. The lowest BCUT2D eigenvalue weighted by Crippen LogP contribution is -2.40. The minimum Gasteiger partial charge on any atom is -0.423 e. The van der Waals surface area contributed by atoms with E-state index < -0.39 is 0 Å². The van der Waals surface area contributed by atoms with Crippen LogP contribution in [-0.4, -0.2) is 56.5 Å².